The molecule has 0 saturated heterocycles. The van der Waals surface area contributed by atoms with E-state index in [0.29, 0.717) is 16.9 Å². The second kappa shape index (κ2) is 14.0. The summed E-state index contributed by atoms with van der Waals surface area (Å²) in [5, 5.41) is 15.1. The molecular formula is C33H33N3O3. The van der Waals surface area contributed by atoms with Gasteiger partial charge in [0.2, 0.25) is 0 Å². The second-order valence-corrected chi connectivity index (χ2v) is 8.68. The van der Waals surface area contributed by atoms with Crippen LogP contribution in [0.1, 0.15) is 45.1 Å². The number of benzene rings is 3. The molecule has 3 rings (SSSR count). The molecule has 0 aliphatic carbocycles. The number of carbonyl (C=O) groups is 1. The molecule has 0 saturated carbocycles. The number of hydrogen-bond donors (Lipinski definition) is 3. The van der Waals surface area contributed by atoms with Crippen LogP contribution in [0, 0.1) is 0 Å². The summed E-state index contributed by atoms with van der Waals surface area (Å²) < 4.78 is 6.07. The molecule has 198 valence electrons. The average molecular weight is 520 g/mol. The van der Waals surface area contributed by atoms with Crippen molar-refractivity contribution in [2.45, 2.75) is 20.0 Å². The number of hydrogen-bond acceptors (Lipinski definition) is 6. The highest BCUT2D eigenvalue weighted by Gasteiger charge is 2.18. The number of phenolic OH excluding ortho intramolecular Hbond substituents is 1. The van der Waals surface area contributed by atoms with Crippen molar-refractivity contribution in [3.05, 3.63) is 150 Å². The van der Waals surface area contributed by atoms with Crippen molar-refractivity contribution < 1.29 is 14.6 Å². The summed E-state index contributed by atoms with van der Waals surface area (Å²) in [5.41, 5.74) is 14.2. The Kier molecular flexibility index (Phi) is 10.2. The van der Waals surface area contributed by atoms with Gasteiger partial charge in [0.25, 0.3) is 0 Å². The topological polar surface area (TPSA) is 96.9 Å². The van der Waals surface area contributed by atoms with Crippen molar-refractivity contribution in [3.8, 4) is 11.5 Å². The Labute approximate surface area is 229 Å². The van der Waals surface area contributed by atoms with E-state index in [1.54, 1.807) is 36.4 Å². The summed E-state index contributed by atoms with van der Waals surface area (Å²) in [6, 6.07) is 19.5. The maximum atomic E-state index is 12.0. The van der Waals surface area contributed by atoms with Gasteiger partial charge in [0.1, 0.15) is 18.1 Å². The number of ether oxygens (including phenoxy) is 1. The minimum Gasteiger partial charge on any atom is -0.506 e. The molecule has 6 heteroatoms. The van der Waals surface area contributed by atoms with Crippen LogP contribution in [0.25, 0.3) is 5.57 Å². The maximum absolute atomic E-state index is 12.0. The van der Waals surface area contributed by atoms with Gasteiger partial charge in [0.05, 0.1) is 16.8 Å². The van der Waals surface area contributed by atoms with Gasteiger partial charge in [-0.2, -0.15) is 5.10 Å². The molecule has 4 N–H and O–H groups in total. The normalized spacial score (nSPS) is 11.5. The summed E-state index contributed by atoms with van der Waals surface area (Å²) in [4.78, 5) is 12.0. The first-order valence-electron chi connectivity index (χ1n) is 12.4. The lowest BCUT2D eigenvalue weighted by atomic mass is 9.99. The quantitative estimate of drug-likeness (QED) is 0.105. The van der Waals surface area contributed by atoms with Gasteiger partial charge >= 0.3 is 0 Å². The number of nitrogens with zero attached hydrogens (tertiary/aromatic N) is 1. The highest BCUT2D eigenvalue weighted by Crippen LogP contribution is 2.37. The van der Waals surface area contributed by atoms with Gasteiger partial charge in [-0.05, 0) is 72.2 Å². The van der Waals surface area contributed by atoms with Crippen LogP contribution in [0.3, 0.4) is 0 Å². The van der Waals surface area contributed by atoms with Crippen LogP contribution < -0.4 is 15.9 Å². The van der Waals surface area contributed by atoms with Crippen LogP contribution >= 0.6 is 0 Å². The largest absolute Gasteiger partial charge is 0.506 e. The van der Waals surface area contributed by atoms with E-state index in [1.165, 1.54) is 19.3 Å². The number of carbonyl (C=O) groups excluding carboxylic acids is 1. The Balaban J connectivity index is 1.75. The van der Waals surface area contributed by atoms with Crippen molar-refractivity contribution in [2.24, 2.45) is 10.8 Å². The number of nitrogens with two attached hydrogens (primary N) is 1. The standard InChI is InChI=1S/C33H33N3O3/c1-5-30(36-35-6-2)28-12-9-11-27(21-28)20-25-13-15-26(16-14-25)22-39-31-18-17-29(24(4)37)33(38)32(31)23(3)10-7-8-19-34/h5-19,21,35,38H,1-3,20,22,34H2,4H3/b10-7-,19-8-,36-30+. The molecule has 0 aromatic heterocycles. The van der Waals surface area contributed by atoms with Crippen molar-refractivity contribution in [2.75, 3.05) is 0 Å². The molecule has 3 aromatic carbocycles. The van der Waals surface area contributed by atoms with Gasteiger partial charge in [-0.15, -0.1) is 0 Å². The van der Waals surface area contributed by atoms with Crippen molar-refractivity contribution in [3.63, 3.8) is 0 Å². The molecule has 0 fully saturated rings. The van der Waals surface area contributed by atoms with E-state index in [-0.39, 0.29) is 23.7 Å². The highest BCUT2D eigenvalue weighted by molar-refractivity contribution is 6.08. The molecule has 0 aliphatic rings. The summed E-state index contributed by atoms with van der Waals surface area (Å²) in [5.74, 6) is 0.0192. The Bertz CT molecular complexity index is 1450. The van der Waals surface area contributed by atoms with Gasteiger partial charge in [-0.25, -0.2) is 0 Å². The first kappa shape index (κ1) is 28.5. The molecule has 0 atom stereocenters. The minimum atomic E-state index is -0.249. The number of hydrazone groups is 1. The van der Waals surface area contributed by atoms with Crippen LogP contribution in [0.2, 0.25) is 0 Å². The average Bonchev–Trinajstić information content (AvgIpc) is 2.93. The smallest absolute Gasteiger partial charge is 0.163 e. The number of phenols is 1. The fourth-order valence-electron chi connectivity index (χ4n) is 3.94. The molecular weight excluding hydrogens is 486 g/mol. The molecule has 0 spiro atoms. The summed E-state index contributed by atoms with van der Waals surface area (Å²) in [6.07, 6.45) is 10.4. The summed E-state index contributed by atoms with van der Waals surface area (Å²) >= 11 is 0. The van der Waals surface area contributed by atoms with Crippen LogP contribution in [0.5, 0.6) is 11.5 Å². The second-order valence-electron chi connectivity index (χ2n) is 8.68. The first-order chi connectivity index (χ1) is 18.9. The van der Waals surface area contributed by atoms with Gasteiger partial charge < -0.3 is 15.6 Å². The van der Waals surface area contributed by atoms with Gasteiger partial charge in [-0.1, -0.05) is 74.4 Å². The third-order valence-corrected chi connectivity index (χ3v) is 5.88. The molecule has 0 radical (unpaired) electrons. The molecule has 0 unspecified atom stereocenters. The number of allylic oxidation sites excluding steroid dienone is 5. The van der Waals surface area contributed by atoms with E-state index in [4.69, 9.17) is 10.5 Å². The van der Waals surface area contributed by atoms with Crippen molar-refractivity contribution >= 4 is 17.1 Å². The fourth-order valence-corrected chi connectivity index (χ4v) is 3.94. The monoisotopic (exact) mass is 519 g/mol. The molecule has 0 amide bonds. The fraction of sp³-hybridized carbons (Fsp3) is 0.0909. The molecule has 0 bridgehead atoms. The van der Waals surface area contributed by atoms with E-state index in [2.05, 4.69) is 54.5 Å². The highest BCUT2D eigenvalue weighted by atomic mass is 16.5. The number of Topliss-reactive ketones (excluding diaryl/α,β-unsaturated/α-hetero) is 1. The first-order valence-corrected chi connectivity index (χ1v) is 12.4. The van der Waals surface area contributed by atoms with Gasteiger partial charge in [-0.3, -0.25) is 10.2 Å². The number of rotatable bonds is 13. The third-order valence-electron chi connectivity index (χ3n) is 5.88. The number of aromatic hydroxyl groups is 1. The molecule has 0 heterocycles. The Morgan fingerprint density at radius 3 is 2.46 bits per heavy atom. The zero-order valence-corrected chi connectivity index (χ0v) is 22.1. The number of nitrogens with one attached hydrogen (secondary N) is 1. The van der Waals surface area contributed by atoms with Gasteiger partial charge in [0, 0.05) is 11.8 Å². The van der Waals surface area contributed by atoms with Gasteiger partial charge in [0.15, 0.2) is 5.78 Å². The lowest BCUT2D eigenvalue weighted by molar-refractivity contribution is 0.101. The Morgan fingerprint density at radius 2 is 1.79 bits per heavy atom. The van der Waals surface area contributed by atoms with Crippen molar-refractivity contribution in [1.82, 2.24) is 5.43 Å². The Hall–Kier alpha value is -5.10. The summed E-state index contributed by atoms with van der Waals surface area (Å²) in [6.45, 7) is 13.2. The zero-order valence-electron chi connectivity index (χ0n) is 22.1. The molecule has 0 aliphatic heterocycles. The van der Waals surface area contributed by atoms with Crippen LogP contribution in [0.15, 0.2) is 122 Å². The minimum absolute atomic E-state index is 0.158. The lowest BCUT2D eigenvalue weighted by Crippen LogP contribution is -2.04. The van der Waals surface area contributed by atoms with E-state index in [0.717, 1.165) is 34.4 Å². The third kappa shape index (κ3) is 7.69. The van der Waals surface area contributed by atoms with E-state index < -0.39 is 0 Å². The van der Waals surface area contributed by atoms with Crippen LogP contribution in [0.4, 0.5) is 0 Å². The predicted octanol–water partition coefficient (Wildman–Crippen LogP) is 6.43. The summed E-state index contributed by atoms with van der Waals surface area (Å²) in [7, 11) is 0. The lowest BCUT2D eigenvalue weighted by Gasteiger charge is -2.15. The van der Waals surface area contributed by atoms with Crippen molar-refractivity contribution in [1.29, 1.82) is 0 Å². The van der Waals surface area contributed by atoms with E-state index in [1.807, 2.05) is 24.3 Å². The Morgan fingerprint density at radius 1 is 1.05 bits per heavy atom. The van der Waals surface area contributed by atoms with E-state index in [9.17, 15) is 9.90 Å². The maximum Gasteiger partial charge on any atom is 0.163 e. The molecule has 3 aromatic rings. The number of ketones is 1. The predicted molar refractivity (Wildman–Crippen MR) is 160 cm³/mol. The van der Waals surface area contributed by atoms with Crippen LogP contribution in [-0.2, 0) is 13.0 Å². The van der Waals surface area contributed by atoms with E-state index >= 15 is 0 Å². The molecule has 39 heavy (non-hydrogen) atoms. The molecule has 6 nitrogen and oxygen atoms in total. The zero-order chi connectivity index (χ0) is 28.2. The SMILES string of the molecule is C=CN/N=C(\C=C)c1cccc(Cc2ccc(COc3ccc(C(C)=O)c(O)c3C(=C)/C=C\C=C/N)cc2)c1. The van der Waals surface area contributed by atoms with Crippen LogP contribution in [-0.4, -0.2) is 16.6 Å².